The summed E-state index contributed by atoms with van der Waals surface area (Å²) in [5, 5.41) is 8.10. The van der Waals surface area contributed by atoms with Gasteiger partial charge in [0.2, 0.25) is 5.95 Å². The predicted octanol–water partition coefficient (Wildman–Crippen LogP) is 5.33. The van der Waals surface area contributed by atoms with E-state index in [0.29, 0.717) is 5.95 Å². The molecule has 0 bridgehead atoms. The highest BCUT2D eigenvalue weighted by Gasteiger charge is 2.23. The lowest BCUT2D eigenvalue weighted by atomic mass is 10.1. The molecule has 0 saturated heterocycles. The van der Waals surface area contributed by atoms with Crippen molar-refractivity contribution in [2.45, 2.75) is 6.29 Å². The third-order valence-corrected chi connectivity index (χ3v) is 6.16. The smallest absolute Gasteiger partial charge is 0.234 e. The van der Waals surface area contributed by atoms with Gasteiger partial charge in [0.25, 0.3) is 0 Å². The molecule has 0 fully saturated rings. The van der Waals surface area contributed by atoms with E-state index in [4.69, 9.17) is 0 Å². The van der Waals surface area contributed by atoms with Crippen LogP contribution in [0, 0.1) is 0 Å². The number of para-hydroxylation sites is 2. The number of hydrogen-bond donors (Lipinski definition) is 1. The Morgan fingerprint density at radius 1 is 0.719 bits per heavy atom. The molecular formula is C26H18N6. The molecule has 0 amide bonds. The van der Waals surface area contributed by atoms with Gasteiger partial charge in [-0.05, 0) is 30.3 Å². The molecule has 6 aromatic rings. The van der Waals surface area contributed by atoms with Gasteiger partial charge in [-0.2, -0.15) is 0 Å². The van der Waals surface area contributed by atoms with E-state index >= 15 is 0 Å². The number of nitrogens with zero attached hydrogens (tertiary/aromatic N) is 5. The summed E-state index contributed by atoms with van der Waals surface area (Å²) in [7, 11) is 0. The van der Waals surface area contributed by atoms with E-state index in [1.807, 2.05) is 24.6 Å². The first-order valence-electron chi connectivity index (χ1n) is 10.6. The van der Waals surface area contributed by atoms with Crippen LogP contribution in [0.5, 0.6) is 0 Å². The van der Waals surface area contributed by atoms with Crippen molar-refractivity contribution in [2.24, 2.45) is 4.99 Å². The maximum atomic E-state index is 4.68. The van der Waals surface area contributed by atoms with Crippen molar-refractivity contribution in [2.75, 3.05) is 0 Å². The highest BCUT2D eigenvalue weighted by atomic mass is 15.3. The molecule has 3 aromatic carbocycles. The van der Waals surface area contributed by atoms with E-state index < -0.39 is 0 Å². The normalized spacial score (nSPS) is 15.8. The lowest BCUT2D eigenvalue weighted by Gasteiger charge is -2.19. The quantitative estimate of drug-likeness (QED) is 0.417. The average molecular weight is 414 g/mol. The van der Waals surface area contributed by atoms with Crippen LogP contribution in [0.3, 0.4) is 0 Å². The van der Waals surface area contributed by atoms with E-state index in [0.717, 1.165) is 22.1 Å². The van der Waals surface area contributed by atoms with Crippen molar-refractivity contribution in [1.29, 1.82) is 0 Å². The Hall–Kier alpha value is -4.45. The molecule has 6 heteroatoms. The zero-order valence-electron chi connectivity index (χ0n) is 17.1. The topological polar surface area (TPSA) is 60.0 Å². The first-order valence-corrected chi connectivity index (χ1v) is 10.6. The lowest BCUT2D eigenvalue weighted by Crippen LogP contribution is -2.22. The van der Waals surface area contributed by atoms with Gasteiger partial charge in [0.05, 0.1) is 22.1 Å². The van der Waals surface area contributed by atoms with Crippen LogP contribution in [0.2, 0.25) is 0 Å². The van der Waals surface area contributed by atoms with Crippen LogP contribution in [-0.4, -0.2) is 25.3 Å². The molecule has 4 heterocycles. The van der Waals surface area contributed by atoms with Gasteiger partial charge in [-0.1, -0.05) is 42.5 Å². The summed E-state index contributed by atoms with van der Waals surface area (Å²) >= 11 is 0. The van der Waals surface area contributed by atoms with E-state index in [9.17, 15) is 0 Å². The van der Waals surface area contributed by atoms with Gasteiger partial charge >= 0.3 is 0 Å². The number of benzene rings is 3. The second-order valence-electron chi connectivity index (χ2n) is 7.84. The van der Waals surface area contributed by atoms with Crippen molar-refractivity contribution < 1.29 is 0 Å². The Labute approximate surface area is 183 Å². The fourth-order valence-corrected chi connectivity index (χ4v) is 4.92. The van der Waals surface area contributed by atoms with E-state index in [2.05, 4.69) is 90.1 Å². The maximum Gasteiger partial charge on any atom is 0.234 e. The molecule has 1 aliphatic heterocycles. The third kappa shape index (κ3) is 2.26. The third-order valence-electron chi connectivity index (χ3n) is 6.16. The first kappa shape index (κ1) is 17.3. The second-order valence-corrected chi connectivity index (χ2v) is 7.84. The summed E-state index contributed by atoms with van der Waals surface area (Å²) in [5.74, 6) is 0.666. The molecule has 1 aliphatic rings. The summed E-state index contributed by atoms with van der Waals surface area (Å²) in [6.07, 6.45) is 9.07. The number of nitrogens with one attached hydrogen (secondary N) is 1. The lowest BCUT2D eigenvalue weighted by molar-refractivity contribution is 0.501. The minimum absolute atomic E-state index is 0.203. The molecule has 1 N–H and O–H groups in total. The number of allylic oxidation sites excluding steroid dienone is 1. The van der Waals surface area contributed by atoms with Crippen LogP contribution >= 0.6 is 0 Å². The Morgan fingerprint density at radius 2 is 1.50 bits per heavy atom. The Morgan fingerprint density at radius 3 is 2.31 bits per heavy atom. The van der Waals surface area contributed by atoms with Crippen molar-refractivity contribution >= 4 is 49.8 Å². The molecule has 0 saturated carbocycles. The van der Waals surface area contributed by atoms with Gasteiger partial charge in [0, 0.05) is 46.4 Å². The van der Waals surface area contributed by atoms with Crippen LogP contribution in [-0.2, 0) is 0 Å². The van der Waals surface area contributed by atoms with Gasteiger partial charge in [-0.3, -0.25) is 4.57 Å². The Balaban J connectivity index is 1.73. The Bertz CT molecular complexity index is 1700. The number of hydrogen-bond acceptors (Lipinski definition) is 4. The van der Waals surface area contributed by atoms with Gasteiger partial charge in [0.1, 0.15) is 0 Å². The predicted molar refractivity (Wildman–Crippen MR) is 129 cm³/mol. The first-order chi connectivity index (χ1) is 15.9. The fraction of sp³-hybridized carbons (Fsp3) is 0.0385. The van der Waals surface area contributed by atoms with Crippen LogP contribution in [0.15, 0.2) is 96.4 Å². The average Bonchev–Trinajstić information content (AvgIpc) is 3.38. The number of rotatable bonds is 2. The SMILES string of the molecule is C1=CNC(n2c3ccccc3c3c4c(ccc32)c2ccccc2n4-c2ncccn2)N=C1. The van der Waals surface area contributed by atoms with Crippen molar-refractivity contribution in [3.05, 3.63) is 91.4 Å². The van der Waals surface area contributed by atoms with Gasteiger partial charge < -0.3 is 9.88 Å². The van der Waals surface area contributed by atoms with Gasteiger partial charge in [-0.15, -0.1) is 0 Å². The summed E-state index contributed by atoms with van der Waals surface area (Å²) < 4.78 is 4.44. The van der Waals surface area contributed by atoms with Crippen molar-refractivity contribution in [3.63, 3.8) is 0 Å². The summed E-state index contributed by atoms with van der Waals surface area (Å²) in [5.41, 5.74) is 4.45. The molecule has 0 aliphatic carbocycles. The number of aromatic nitrogens is 4. The molecule has 7 rings (SSSR count). The molecule has 0 spiro atoms. The van der Waals surface area contributed by atoms with Crippen molar-refractivity contribution in [1.82, 2.24) is 24.4 Å². The zero-order valence-corrected chi connectivity index (χ0v) is 17.1. The molecule has 0 radical (unpaired) electrons. The van der Waals surface area contributed by atoms with Gasteiger partial charge in [0.15, 0.2) is 6.29 Å². The zero-order chi connectivity index (χ0) is 21.1. The van der Waals surface area contributed by atoms with E-state index in [1.54, 1.807) is 12.4 Å². The molecule has 152 valence electrons. The molecule has 32 heavy (non-hydrogen) atoms. The summed E-state index contributed by atoms with van der Waals surface area (Å²) in [6, 6.07) is 23.2. The van der Waals surface area contributed by atoms with Crippen molar-refractivity contribution in [3.8, 4) is 5.95 Å². The molecule has 1 unspecified atom stereocenters. The molecule has 6 nitrogen and oxygen atoms in total. The minimum atomic E-state index is -0.203. The van der Waals surface area contributed by atoms with Crippen LogP contribution in [0.25, 0.3) is 49.6 Å². The molecule has 3 aromatic heterocycles. The number of fused-ring (bicyclic) bond motifs is 7. The van der Waals surface area contributed by atoms with E-state index in [1.165, 1.54) is 21.5 Å². The van der Waals surface area contributed by atoms with Crippen LogP contribution in [0.4, 0.5) is 0 Å². The highest BCUT2D eigenvalue weighted by molar-refractivity contribution is 6.25. The van der Waals surface area contributed by atoms with E-state index in [-0.39, 0.29) is 6.29 Å². The largest absolute Gasteiger partial charge is 0.353 e. The molecular weight excluding hydrogens is 396 g/mol. The van der Waals surface area contributed by atoms with Crippen LogP contribution < -0.4 is 5.32 Å². The monoisotopic (exact) mass is 414 g/mol. The summed E-state index contributed by atoms with van der Waals surface area (Å²) in [4.78, 5) is 13.9. The maximum absolute atomic E-state index is 4.68. The van der Waals surface area contributed by atoms with Gasteiger partial charge in [-0.25, -0.2) is 15.0 Å². The fourth-order valence-electron chi connectivity index (χ4n) is 4.92. The summed E-state index contributed by atoms with van der Waals surface area (Å²) in [6.45, 7) is 0. The standard InChI is InChI=1S/C26H18N6/c1-3-9-20-17(7-1)18-11-12-22-23(24(18)32(20)26-29-15-6-16-30-26)19-8-2-4-10-21(19)31(22)25-27-13-5-14-28-25/h1-16,25,27H. The second kappa shape index (κ2) is 6.52. The highest BCUT2D eigenvalue weighted by Crippen LogP contribution is 2.41. The Kier molecular flexibility index (Phi) is 3.52. The minimum Gasteiger partial charge on any atom is -0.353 e. The molecule has 1 atom stereocenters. The van der Waals surface area contributed by atoms with Crippen LogP contribution in [0.1, 0.15) is 6.29 Å². The number of aliphatic imine (C=N–C) groups is 1.